The Morgan fingerprint density at radius 3 is 2.77 bits per heavy atom. The molecule has 3 rings (SSSR count). The Morgan fingerprint density at radius 2 is 2.00 bits per heavy atom. The highest BCUT2D eigenvalue weighted by molar-refractivity contribution is 7.90. The maximum absolute atomic E-state index is 12.9. The van der Waals surface area contributed by atoms with Gasteiger partial charge < -0.3 is 9.84 Å². The van der Waals surface area contributed by atoms with Crippen molar-refractivity contribution in [2.24, 2.45) is 0 Å². The fraction of sp³-hybridized carbons (Fsp3) is 0.500. The molecule has 0 spiro atoms. The summed E-state index contributed by atoms with van der Waals surface area (Å²) in [5.74, 6) is -1.83. The second-order valence-corrected chi connectivity index (χ2v) is 7.21. The molecule has 2 aliphatic heterocycles. The van der Waals surface area contributed by atoms with E-state index in [0.717, 1.165) is 0 Å². The zero-order valence-corrected chi connectivity index (χ0v) is 12.8. The molecule has 1 atom stereocenters. The molecule has 1 aromatic carbocycles. The van der Waals surface area contributed by atoms with Crippen molar-refractivity contribution >= 4 is 21.9 Å². The molecule has 1 saturated heterocycles. The Kier molecular flexibility index (Phi) is 4.07. The summed E-state index contributed by atoms with van der Waals surface area (Å²) in [7, 11) is -3.74. The lowest BCUT2D eigenvalue weighted by Gasteiger charge is -2.27. The van der Waals surface area contributed by atoms with E-state index in [2.05, 4.69) is 0 Å². The minimum Gasteiger partial charge on any atom is -0.481 e. The Labute approximate surface area is 129 Å². The standard InChI is InChI=1S/C14H18N2O5S/c17-14(18)12-10-16(13-5-2-1-4-11(12)13)22(19,20)15-6-3-8-21-9-7-15/h1-2,4-5,12H,3,6-10H2,(H,17,18). The van der Waals surface area contributed by atoms with E-state index in [4.69, 9.17) is 4.74 Å². The maximum atomic E-state index is 12.9. The van der Waals surface area contributed by atoms with Gasteiger partial charge in [-0.25, -0.2) is 0 Å². The molecule has 7 nitrogen and oxygen atoms in total. The van der Waals surface area contributed by atoms with Crippen molar-refractivity contribution in [3.63, 3.8) is 0 Å². The number of aliphatic carboxylic acids is 1. The van der Waals surface area contributed by atoms with Crippen LogP contribution in [0.2, 0.25) is 0 Å². The fourth-order valence-corrected chi connectivity index (χ4v) is 4.59. The zero-order valence-electron chi connectivity index (χ0n) is 12.0. The van der Waals surface area contributed by atoms with Gasteiger partial charge in [-0.2, -0.15) is 12.7 Å². The summed E-state index contributed by atoms with van der Waals surface area (Å²) >= 11 is 0. The lowest BCUT2D eigenvalue weighted by Crippen LogP contribution is -2.45. The number of hydrogen-bond acceptors (Lipinski definition) is 4. The van der Waals surface area contributed by atoms with Crippen LogP contribution in [0.25, 0.3) is 0 Å². The molecule has 0 saturated carbocycles. The van der Waals surface area contributed by atoms with E-state index in [1.807, 2.05) is 0 Å². The molecule has 0 aliphatic carbocycles. The molecule has 2 heterocycles. The molecule has 1 fully saturated rings. The van der Waals surface area contributed by atoms with Crippen LogP contribution in [0, 0.1) is 0 Å². The van der Waals surface area contributed by atoms with Crippen molar-refractivity contribution < 1.29 is 23.1 Å². The molecule has 1 unspecified atom stereocenters. The zero-order chi connectivity index (χ0) is 15.7. The van der Waals surface area contributed by atoms with E-state index in [0.29, 0.717) is 44.0 Å². The molecule has 120 valence electrons. The van der Waals surface area contributed by atoms with E-state index in [9.17, 15) is 18.3 Å². The number of ether oxygens (including phenoxy) is 1. The van der Waals surface area contributed by atoms with Crippen LogP contribution in [0.15, 0.2) is 24.3 Å². The number of para-hydroxylation sites is 1. The van der Waals surface area contributed by atoms with Crippen LogP contribution < -0.4 is 4.31 Å². The van der Waals surface area contributed by atoms with Gasteiger partial charge in [-0.15, -0.1) is 0 Å². The monoisotopic (exact) mass is 326 g/mol. The first-order chi connectivity index (χ1) is 10.5. The van der Waals surface area contributed by atoms with Crippen molar-refractivity contribution in [3.05, 3.63) is 29.8 Å². The van der Waals surface area contributed by atoms with Crippen molar-refractivity contribution in [3.8, 4) is 0 Å². The maximum Gasteiger partial charge on any atom is 0.312 e. The number of nitrogens with zero attached hydrogens (tertiary/aromatic N) is 2. The van der Waals surface area contributed by atoms with Gasteiger partial charge in [-0.3, -0.25) is 9.10 Å². The number of carboxylic acid groups (broad SMARTS) is 1. The number of fused-ring (bicyclic) bond motifs is 1. The van der Waals surface area contributed by atoms with Crippen LogP contribution in [0.1, 0.15) is 17.9 Å². The summed E-state index contributed by atoms with van der Waals surface area (Å²) in [6, 6.07) is 6.78. The molecular weight excluding hydrogens is 308 g/mol. The van der Waals surface area contributed by atoms with Gasteiger partial charge in [0, 0.05) is 19.7 Å². The van der Waals surface area contributed by atoms with Crippen LogP contribution in [0.3, 0.4) is 0 Å². The number of rotatable bonds is 3. The van der Waals surface area contributed by atoms with Crippen LogP contribution in [0.4, 0.5) is 5.69 Å². The third kappa shape index (κ3) is 2.57. The molecule has 1 aromatic rings. The van der Waals surface area contributed by atoms with Crippen molar-refractivity contribution in [1.29, 1.82) is 0 Å². The van der Waals surface area contributed by atoms with Crippen molar-refractivity contribution in [2.75, 3.05) is 37.2 Å². The van der Waals surface area contributed by atoms with Crippen molar-refractivity contribution in [1.82, 2.24) is 4.31 Å². The average molecular weight is 326 g/mol. The number of anilines is 1. The average Bonchev–Trinajstić information content (AvgIpc) is 2.68. The van der Waals surface area contributed by atoms with Crippen LogP contribution in [-0.2, 0) is 19.7 Å². The Bertz CT molecular complexity index is 668. The number of carbonyl (C=O) groups is 1. The highest BCUT2D eigenvalue weighted by atomic mass is 32.2. The highest BCUT2D eigenvalue weighted by Crippen LogP contribution is 2.38. The van der Waals surface area contributed by atoms with Gasteiger partial charge >= 0.3 is 16.2 Å². The molecule has 22 heavy (non-hydrogen) atoms. The SMILES string of the molecule is O=C(O)C1CN(S(=O)(=O)N2CCCOCC2)c2ccccc21. The van der Waals surface area contributed by atoms with Crippen LogP contribution >= 0.6 is 0 Å². The lowest BCUT2D eigenvalue weighted by molar-refractivity contribution is -0.138. The van der Waals surface area contributed by atoms with E-state index >= 15 is 0 Å². The largest absolute Gasteiger partial charge is 0.481 e. The molecular formula is C14H18N2O5S. The molecule has 1 N–H and O–H groups in total. The summed E-state index contributed by atoms with van der Waals surface area (Å²) in [5, 5.41) is 9.34. The quantitative estimate of drug-likeness (QED) is 0.881. The minimum absolute atomic E-state index is 0.0611. The Hall–Kier alpha value is -1.64. The molecule has 8 heteroatoms. The van der Waals surface area contributed by atoms with E-state index in [1.165, 1.54) is 8.61 Å². The first-order valence-corrected chi connectivity index (χ1v) is 8.59. The predicted octanol–water partition coefficient (Wildman–Crippen LogP) is 0.642. The fourth-order valence-electron chi connectivity index (χ4n) is 2.89. The number of carboxylic acids is 1. The van der Waals surface area contributed by atoms with Gasteiger partial charge in [-0.1, -0.05) is 18.2 Å². The number of benzene rings is 1. The van der Waals surface area contributed by atoms with E-state index in [-0.39, 0.29) is 6.54 Å². The topological polar surface area (TPSA) is 87.2 Å². The summed E-state index contributed by atoms with van der Waals surface area (Å²) in [6.45, 7) is 1.52. The van der Waals surface area contributed by atoms with Gasteiger partial charge in [0.25, 0.3) is 0 Å². The van der Waals surface area contributed by atoms with Crippen LogP contribution in [-0.4, -0.2) is 56.6 Å². The molecule has 0 amide bonds. The molecule has 0 aromatic heterocycles. The highest BCUT2D eigenvalue weighted by Gasteiger charge is 2.41. The molecule has 0 bridgehead atoms. The third-order valence-electron chi connectivity index (χ3n) is 4.01. The molecule has 2 aliphatic rings. The third-order valence-corrected chi connectivity index (χ3v) is 5.93. The first kappa shape index (κ1) is 15.3. The van der Waals surface area contributed by atoms with Crippen molar-refractivity contribution in [2.45, 2.75) is 12.3 Å². The van der Waals surface area contributed by atoms with Gasteiger partial charge in [-0.05, 0) is 18.1 Å². The second kappa shape index (κ2) is 5.86. The van der Waals surface area contributed by atoms with Gasteiger partial charge in [0.1, 0.15) is 5.92 Å². The summed E-state index contributed by atoms with van der Waals surface area (Å²) in [6.07, 6.45) is 0.636. The van der Waals surface area contributed by atoms with Gasteiger partial charge in [0.2, 0.25) is 0 Å². The summed E-state index contributed by atoms with van der Waals surface area (Å²) in [4.78, 5) is 11.4. The summed E-state index contributed by atoms with van der Waals surface area (Å²) in [5.41, 5.74) is 1.00. The normalized spacial score (nSPS) is 23.1. The first-order valence-electron chi connectivity index (χ1n) is 7.19. The smallest absolute Gasteiger partial charge is 0.312 e. The summed E-state index contributed by atoms with van der Waals surface area (Å²) < 4.78 is 33.6. The Morgan fingerprint density at radius 1 is 1.23 bits per heavy atom. The predicted molar refractivity (Wildman–Crippen MR) is 80.1 cm³/mol. The lowest BCUT2D eigenvalue weighted by atomic mass is 10.0. The van der Waals surface area contributed by atoms with Crippen LogP contribution in [0.5, 0.6) is 0 Å². The van der Waals surface area contributed by atoms with E-state index in [1.54, 1.807) is 24.3 Å². The Balaban J connectivity index is 1.96. The number of hydrogen-bond donors (Lipinski definition) is 1. The minimum atomic E-state index is -3.74. The van der Waals surface area contributed by atoms with E-state index < -0.39 is 22.1 Å². The van der Waals surface area contributed by atoms with Gasteiger partial charge in [0.15, 0.2) is 0 Å². The van der Waals surface area contributed by atoms with Gasteiger partial charge in [0.05, 0.1) is 18.8 Å². The molecule has 0 radical (unpaired) electrons. The second-order valence-electron chi connectivity index (χ2n) is 5.35.